The van der Waals surface area contributed by atoms with Crippen LogP contribution < -0.4 is 0 Å². The van der Waals surface area contributed by atoms with Crippen LogP contribution >= 0.6 is 11.3 Å². The summed E-state index contributed by atoms with van der Waals surface area (Å²) in [7, 11) is -1.73. The van der Waals surface area contributed by atoms with E-state index in [4.69, 9.17) is 4.52 Å². The summed E-state index contributed by atoms with van der Waals surface area (Å²) in [4.78, 5) is 0. The fourth-order valence-corrected chi connectivity index (χ4v) is 5.50. The van der Waals surface area contributed by atoms with Crippen LogP contribution in [-0.4, -0.2) is 31.0 Å². The molecule has 1 saturated carbocycles. The minimum Gasteiger partial charge on any atom is -0.356 e. The Balaban J connectivity index is 1.84. The zero-order valence-electron chi connectivity index (χ0n) is 11.9. The second-order valence-electron chi connectivity index (χ2n) is 5.34. The molecule has 0 radical (unpaired) electrons. The van der Waals surface area contributed by atoms with Gasteiger partial charge in [0.25, 0.3) is 10.0 Å². The van der Waals surface area contributed by atoms with Crippen molar-refractivity contribution in [1.29, 1.82) is 0 Å². The molecule has 7 heteroatoms. The maximum Gasteiger partial charge on any atom is 0.252 e. The summed E-state index contributed by atoms with van der Waals surface area (Å²) in [5, 5.41) is 5.44. The fraction of sp³-hybridized carbons (Fsp3) is 0.500. The Morgan fingerprint density at radius 2 is 2.10 bits per heavy atom. The van der Waals surface area contributed by atoms with Crippen LogP contribution in [0, 0.1) is 0 Å². The van der Waals surface area contributed by atoms with E-state index < -0.39 is 10.0 Å². The van der Waals surface area contributed by atoms with Crippen LogP contribution in [0.1, 0.15) is 32.1 Å². The average Bonchev–Trinajstić information content (AvgIpc) is 3.18. The third-order valence-corrected chi connectivity index (χ3v) is 7.35. The molecular formula is C14H18N2O3S2. The molecule has 1 aliphatic rings. The first-order chi connectivity index (χ1) is 10.1. The number of nitrogens with zero attached hydrogens (tertiary/aromatic N) is 2. The van der Waals surface area contributed by atoms with Crippen LogP contribution in [-0.2, 0) is 10.0 Å². The standard InChI is InChI=1S/C14H18N2O3S2/c1-16(12-5-3-2-4-6-12)21(17,18)14-9-11(10-20-14)13-7-8-15-19-13/h7-10,12H,2-6H2,1H3. The fourth-order valence-electron chi connectivity index (χ4n) is 2.73. The molecule has 21 heavy (non-hydrogen) atoms. The van der Waals surface area contributed by atoms with E-state index in [1.54, 1.807) is 35.1 Å². The smallest absolute Gasteiger partial charge is 0.252 e. The Morgan fingerprint density at radius 3 is 2.76 bits per heavy atom. The highest BCUT2D eigenvalue weighted by atomic mass is 32.2. The van der Waals surface area contributed by atoms with Gasteiger partial charge < -0.3 is 4.52 Å². The molecule has 2 aromatic heterocycles. The molecule has 0 aliphatic heterocycles. The number of hydrogen-bond acceptors (Lipinski definition) is 5. The third kappa shape index (κ3) is 2.90. The predicted octanol–water partition coefficient (Wildman–Crippen LogP) is 3.36. The Kier molecular flexibility index (Phi) is 4.14. The molecule has 3 rings (SSSR count). The summed E-state index contributed by atoms with van der Waals surface area (Å²) in [5.41, 5.74) is 0.758. The molecule has 2 heterocycles. The monoisotopic (exact) mass is 326 g/mol. The maximum absolute atomic E-state index is 12.7. The second-order valence-corrected chi connectivity index (χ2v) is 8.48. The van der Waals surface area contributed by atoms with E-state index in [2.05, 4.69) is 5.16 Å². The Bertz CT molecular complexity index is 686. The van der Waals surface area contributed by atoms with Gasteiger partial charge in [-0.05, 0) is 18.9 Å². The first-order valence-electron chi connectivity index (χ1n) is 7.06. The van der Waals surface area contributed by atoms with Crippen molar-refractivity contribution in [3.63, 3.8) is 0 Å². The van der Waals surface area contributed by atoms with Crippen molar-refractivity contribution in [3.05, 3.63) is 23.7 Å². The highest BCUT2D eigenvalue weighted by Crippen LogP contribution is 2.32. The van der Waals surface area contributed by atoms with Gasteiger partial charge >= 0.3 is 0 Å². The van der Waals surface area contributed by atoms with Gasteiger partial charge in [0.05, 0.1) is 6.20 Å². The lowest BCUT2D eigenvalue weighted by Gasteiger charge is -2.29. The first-order valence-corrected chi connectivity index (χ1v) is 9.38. The van der Waals surface area contributed by atoms with Crippen LogP contribution in [0.15, 0.2) is 32.4 Å². The SMILES string of the molecule is CN(C1CCCCC1)S(=O)(=O)c1cc(-c2ccno2)cs1. The average molecular weight is 326 g/mol. The van der Waals surface area contributed by atoms with E-state index >= 15 is 0 Å². The summed E-state index contributed by atoms with van der Waals surface area (Å²) in [6.45, 7) is 0. The van der Waals surface area contributed by atoms with Gasteiger partial charge in [0, 0.05) is 30.1 Å². The van der Waals surface area contributed by atoms with E-state index in [0.29, 0.717) is 9.97 Å². The summed E-state index contributed by atoms with van der Waals surface area (Å²) in [6.07, 6.45) is 6.89. The van der Waals surface area contributed by atoms with Gasteiger partial charge in [-0.3, -0.25) is 0 Å². The third-order valence-electron chi connectivity index (χ3n) is 4.02. The van der Waals surface area contributed by atoms with Crippen LogP contribution in [0.3, 0.4) is 0 Å². The number of aromatic nitrogens is 1. The molecule has 0 unspecified atom stereocenters. The molecule has 0 saturated heterocycles. The van der Waals surface area contributed by atoms with Crippen molar-refractivity contribution in [2.24, 2.45) is 0 Å². The van der Waals surface area contributed by atoms with E-state index in [9.17, 15) is 8.42 Å². The normalized spacial score (nSPS) is 17.4. The lowest BCUT2D eigenvalue weighted by Crippen LogP contribution is -2.37. The molecule has 5 nitrogen and oxygen atoms in total. The van der Waals surface area contributed by atoms with E-state index in [0.717, 1.165) is 31.2 Å². The summed E-state index contributed by atoms with van der Waals surface area (Å²) in [6, 6.07) is 3.52. The molecule has 0 spiro atoms. The Hall–Kier alpha value is -1.18. The van der Waals surface area contributed by atoms with Gasteiger partial charge in [0.1, 0.15) is 4.21 Å². The van der Waals surface area contributed by atoms with Crippen LogP contribution in [0.2, 0.25) is 0 Å². The molecule has 114 valence electrons. The largest absolute Gasteiger partial charge is 0.356 e. The molecule has 0 amide bonds. The van der Waals surface area contributed by atoms with Gasteiger partial charge in [0.15, 0.2) is 5.76 Å². The lowest BCUT2D eigenvalue weighted by atomic mass is 9.96. The Labute approximate surface area is 128 Å². The zero-order valence-corrected chi connectivity index (χ0v) is 13.5. The minimum atomic E-state index is -3.42. The van der Waals surface area contributed by atoms with Crippen molar-refractivity contribution in [2.75, 3.05) is 7.05 Å². The number of rotatable bonds is 4. The minimum absolute atomic E-state index is 0.125. The number of sulfonamides is 1. The van der Waals surface area contributed by atoms with E-state index in [1.807, 2.05) is 0 Å². The first kappa shape index (κ1) is 14.7. The highest BCUT2D eigenvalue weighted by Gasteiger charge is 2.30. The molecule has 2 aromatic rings. The molecule has 0 aromatic carbocycles. The topological polar surface area (TPSA) is 63.4 Å². The van der Waals surface area contributed by atoms with E-state index in [-0.39, 0.29) is 6.04 Å². The van der Waals surface area contributed by atoms with Crippen molar-refractivity contribution >= 4 is 21.4 Å². The summed E-state index contributed by atoms with van der Waals surface area (Å²) >= 11 is 1.23. The van der Waals surface area contributed by atoms with Crippen LogP contribution in [0.5, 0.6) is 0 Å². The van der Waals surface area contributed by atoms with Crippen molar-refractivity contribution in [1.82, 2.24) is 9.46 Å². The van der Waals surface area contributed by atoms with E-state index in [1.165, 1.54) is 17.8 Å². The van der Waals surface area contributed by atoms with Gasteiger partial charge in [-0.1, -0.05) is 24.4 Å². The van der Waals surface area contributed by atoms with Crippen molar-refractivity contribution in [3.8, 4) is 11.3 Å². The molecule has 1 aliphatic carbocycles. The van der Waals surface area contributed by atoms with Gasteiger partial charge in [0.2, 0.25) is 0 Å². The molecule has 0 atom stereocenters. The van der Waals surface area contributed by atoms with Gasteiger partial charge in [-0.15, -0.1) is 11.3 Å². The van der Waals surface area contributed by atoms with Gasteiger partial charge in [-0.25, -0.2) is 8.42 Å². The van der Waals surface area contributed by atoms with Crippen molar-refractivity contribution < 1.29 is 12.9 Å². The van der Waals surface area contributed by atoms with Crippen molar-refractivity contribution in [2.45, 2.75) is 42.4 Å². The zero-order chi connectivity index (χ0) is 14.9. The summed E-state index contributed by atoms with van der Waals surface area (Å²) < 4.78 is 32.4. The molecule has 1 fully saturated rings. The maximum atomic E-state index is 12.7. The predicted molar refractivity (Wildman–Crippen MR) is 81.6 cm³/mol. The quantitative estimate of drug-likeness (QED) is 0.864. The van der Waals surface area contributed by atoms with Crippen LogP contribution in [0.4, 0.5) is 0 Å². The van der Waals surface area contributed by atoms with Gasteiger partial charge in [-0.2, -0.15) is 4.31 Å². The lowest BCUT2D eigenvalue weighted by molar-refractivity contribution is 0.286. The number of thiophene rings is 1. The van der Waals surface area contributed by atoms with Crippen LogP contribution in [0.25, 0.3) is 11.3 Å². The Morgan fingerprint density at radius 1 is 1.33 bits per heavy atom. The molecule has 0 bridgehead atoms. The highest BCUT2D eigenvalue weighted by molar-refractivity contribution is 7.91. The molecular weight excluding hydrogens is 308 g/mol. The number of hydrogen-bond donors (Lipinski definition) is 0. The summed E-state index contributed by atoms with van der Waals surface area (Å²) in [5.74, 6) is 0.591. The molecule has 0 N–H and O–H groups in total. The second kappa shape index (κ2) is 5.90.